The monoisotopic (exact) mass is 293 g/mol. The molecule has 22 heavy (non-hydrogen) atoms. The highest BCUT2D eigenvalue weighted by Gasteiger charge is 2.36. The number of hydrazone groups is 1. The molecule has 1 amide bonds. The molecule has 4 rings (SSSR count). The standard InChI is InChI=1S/C17H15N3O2/c1-11-4-5-14-15(7-11)22-10-13-9-20(19-16(13)14)17(21)12-3-2-6-18-8-12/h2-8,13H,9-10H2,1H3. The molecule has 0 bridgehead atoms. The van der Waals surface area contributed by atoms with E-state index in [9.17, 15) is 4.79 Å². The molecular formula is C17H15N3O2. The minimum absolute atomic E-state index is 0.122. The number of hydrogen-bond acceptors (Lipinski definition) is 4. The van der Waals surface area contributed by atoms with Gasteiger partial charge in [0.05, 0.1) is 30.3 Å². The number of nitrogens with zero attached hydrogens (tertiary/aromatic N) is 3. The number of benzene rings is 1. The highest BCUT2D eigenvalue weighted by Crippen LogP contribution is 2.32. The molecule has 0 aliphatic carbocycles. The van der Waals surface area contributed by atoms with E-state index in [0.717, 1.165) is 22.6 Å². The molecule has 2 aliphatic rings. The summed E-state index contributed by atoms with van der Waals surface area (Å²) in [6.07, 6.45) is 3.22. The van der Waals surface area contributed by atoms with Crippen LogP contribution in [0.2, 0.25) is 0 Å². The predicted octanol–water partition coefficient (Wildman–Crippen LogP) is 2.26. The third kappa shape index (κ3) is 2.06. The average Bonchev–Trinajstić information content (AvgIpc) is 2.99. The molecule has 0 saturated heterocycles. The Bertz CT molecular complexity index is 771. The smallest absolute Gasteiger partial charge is 0.275 e. The van der Waals surface area contributed by atoms with Crippen LogP contribution in [0.1, 0.15) is 21.5 Å². The number of aryl methyl sites for hydroxylation is 1. The Morgan fingerprint density at radius 1 is 1.36 bits per heavy atom. The first-order valence-corrected chi connectivity index (χ1v) is 7.26. The molecule has 1 aromatic carbocycles. The number of amides is 1. The summed E-state index contributed by atoms with van der Waals surface area (Å²) < 4.78 is 5.82. The lowest BCUT2D eigenvalue weighted by molar-refractivity contribution is 0.0760. The Hall–Kier alpha value is -2.69. The molecule has 0 fully saturated rings. The number of carbonyl (C=O) groups is 1. The van der Waals surface area contributed by atoms with Crippen molar-refractivity contribution in [1.29, 1.82) is 0 Å². The fourth-order valence-electron chi connectivity index (χ4n) is 2.87. The lowest BCUT2D eigenvalue weighted by atomic mass is 9.94. The van der Waals surface area contributed by atoms with Crippen molar-refractivity contribution in [3.63, 3.8) is 0 Å². The van der Waals surface area contributed by atoms with Gasteiger partial charge in [-0.1, -0.05) is 6.07 Å². The van der Waals surface area contributed by atoms with Gasteiger partial charge in [0.1, 0.15) is 5.75 Å². The van der Waals surface area contributed by atoms with E-state index in [-0.39, 0.29) is 11.8 Å². The van der Waals surface area contributed by atoms with Gasteiger partial charge in [-0.15, -0.1) is 0 Å². The van der Waals surface area contributed by atoms with Gasteiger partial charge in [0, 0.05) is 18.0 Å². The average molecular weight is 293 g/mol. The first kappa shape index (κ1) is 13.0. The van der Waals surface area contributed by atoms with E-state index < -0.39 is 0 Å². The molecule has 1 unspecified atom stereocenters. The van der Waals surface area contributed by atoms with Crippen LogP contribution >= 0.6 is 0 Å². The van der Waals surface area contributed by atoms with Crippen LogP contribution in [0.3, 0.4) is 0 Å². The van der Waals surface area contributed by atoms with Crippen LogP contribution in [-0.4, -0.2) is 34.8 Å². The number of fused-ring (bicyclic) bond motifs is 3. The first-order chi connectivity index (χ1) is 10.7. The van der Waals surface area contributed by atoms with Gasteiger partial charge in [-0.2, -0.15) is 5.10 Å². The van der Waals surface area contributed by atoms with Crippen LogP contribution in [0.4, 0.5) is 0 Å². The number of carbonyl (C=O) groups excluding carboxylic acids is 1. The van der Waals surface area contributed by atoms with Gasteiger partial charge in [0.2, 0.25) is 0 Å². The summed E-state index contributed by atoms with van der Waals surface area (Å²) in [5.41, 5.74) is 3.64. The molecular weight excluding hydrogens is 278 g/mol. The highest BCUT2D eigenvalue weighted by atomic mass is 16.5. The van der Waals surface area contributed by atoms with Gasteiger partial charge in [-0.25, -0.2) is 5.01 Å². The number of aromatic nitrogens is 1. The summed E-state index contributed by atoms with van der Waals surface area (Å²) >= 11 is 0. The SMILES string of the molecule is Cc1ccc2c(c1)OCC1CN(C(=O)c3cccnc3)N=C21. The Morgan fingerprint density at radius 3 is 3.09 bits per heavy atom. The summed E-state index contributed by atoms with van der Waals surface area (Å²) in [5, 5.41) is 6.07. The van der Waals surface area contributed by atoms with E-state index in [0.29, 0.717) is 18.7 Å². The zero-order chi connectivity index (χ0) is 15.1. The summed E-state index contributed by atoms with van der Waals surface area (Å²) in [6, 6.07) is 9.59. The maximum Gasteiger partial charge on any atom is 0.275 e. The molecule has 2 aromatic rings. The van der Waals surface area contributed by atoms with Gasteiger partial charge in [0.15, 0.2) is 0 Å². The van der Waals surface area contributed by atoms with Crippen LogP contribution in [0.25, 0.3) is 0 Å². The molecule has 110 valence electrons. The first-order valence-electron chi connectivity index (χ1n) is 7.26. The number of pyridine rings is 1. The molecule has 1 aromatic heterocycles. The van der Waals surface area contributed by atoms with E-state index in [4.69, 9.17) is 4.74 Å². The minimum atomic E-state index is -0.122. The van der Waals surface area contributed by atoms with Crippen molar-refractivity contribution in [2.75, 3.05) is 13.2 Å². The zero-order valence-electron chi connectivity index (χ0n) is 12.2. The van der Waals surface area contributed by atoms with Crippen LogP contribution in [-0.2, 0) is 0 Å². The molecule has 0 saturated carbocycles. The van der Waals surface area contributed by atoms with Crippen molar-refractivity contribution in [3.8, 4) is 5.75 Å². The molecule has 3 heterocycles. The van der Waals surface area contributed by atoms with E-state index in [1.807, 2.05) is 25.1 Å². The Kier molecular flexibility index (Phi) is 2.92. The van der Waals surface area contributed by atoms with Gasteiger partial charge in [0.25, 0.3) is 5.91 Å². The van der Waals surface area contributed by atoms with Crippen LogP contribution < -0.4 is 4.74 Å². The maximum absolute atomic E-state index is 12.5. The second-order valence-corrected chi connectivity index (χ2v) is 5.62. The molecule has 5 nitrogen and oxygen atoms in total. The molecule has 1 atom stereocenters. The fourth-order valence-corrected chi connectivity index (χ4v) is 2.87. The van der Waals surface area contributed by atoms with E-state index in [1.165, 1.54) is 5.01 Å². The quantitative estimate of drug-likeness (QED) is 0.810. The van der Waals surface area contributed by atoms with Crippen molar-refractivity contribution in [3.05, 3.63) is 59.4 Å². The van der Waals surface area contributed by atoms with E-state index >= 15 is 0 Å². The summed E-state index contributed by atoms with van der Waals surface area (Å²) in [6.45, 7) is 3.15. The largest absolute Gasteiger partial charge is 0.492 e. The second kappa shape index (κ2) is 4.94. The van der Waals surface area contributed by atoms with Crippen molar-refractivity contribution in [2.24, 2.45) is 11.0 Å². The van der Waals surface area contributed by atoms with Crippen LogP contribution in [0.15, 0.2) is 47.8 Å². The summed E-state index contributed by atoms with van der Waals surface area (Å²) in [5.74, 6) is 0.866. The Balaban J connectivity index is 1.68. The van der Waals surface area contributed by atoms with Gasteiger partial charge >= 0.3 is 0 Å². The third-order valence-electron chi connectivity index (χ3n) is 4.00. The number of ether oxygens (including phenoxy) is 1. The van der Waals surface area contributed by atoms with E-state index in [1.54, 1.807) is 24.5 Å². The molecule has 2 aliphatic heterocycles. The summed E-state index contributed by atoms with van der Waals surface area (Å²) in [4.78, 5) is 16.5. The third-order valence-corrected chi connectivity index (χ3v) is 4.00. The summed E-state index contributed by atoms with van der Waals surface area (Å²) in [7, 11) is 0. The predicted molar refractivity (Wildman–Crippen MR) is 82.0 cm³/mol. The molecule has 0 N–H and O–H groups in total. The molecule has 0 spiro atoms. The number of hydrogen-bond donors (Lipinski definition) is 0. The normalized spacial score (nSPS) is 19.0. The lowest BCUT2D eigenvalue weighted by Crippen LogP contribution is -2.31. The van der Waals surface area contributed by atoms with Crippen molar-refractivity contribution < 1.29 is 9.53 Å². The lowest BCUT2D eigenvalue weighted by Gasteiger charge is -2.22. The van der Waals surface area contributed by atoms with Gasteiger partial charge in [-0.3, -0.25) is 9.78 Å². The maximum atomic E-state index is 12.5. The van der Waals surface area contributed by atoms with Crippen molar-refractivity contribution in [1.82, 2.24) is 9.99 Å². The topological polar surface area (TPSA) is 54.8 Å². The van der Waals surface area contributed by atoms with Crippen molar-refractivity contribution >= 4 is 11.6 Å². The van der Waals surface area contributed by atoms with E-state index in [2.05, 4.69) is 10.1 Å². The van der Waals surface area contributed by atoms with Gasteiger partial charge < -0.3 is 4.74 Å². The molecule has 0 radical (unpaired) electrons. The minimum Gasteiger partial charge on any atom is -0.492 e. The van der Waals surface area contributed by atoms with Gasteiger partial charge in [-0.05, 0) is 36.8 Å². The highest BCUT2D eigenvalue weighted by molar-refractivity contribution is 6.08. The Morgan fingerprint density at radius 2 is 2.27 bits per heavy atom. The molecule has 5 heteroatoms. The van der Waals surface area contributed by atoms with Crippen molar-refractivity contribution in [2.45, 2.75) is 6.92 Å². The van der Waals surface area contributed by atoms with Crippen LogP contribution in [0.5, 0.6) is 5.75 Å². The zero-order valence-corrected chi connectivity index (χ0v) is 12.2. The Labute approximate surface area is 128 Å². The fraction of sp³-hybridized carbons (Fsp3) is 0.235. The second-order valence-electron chi connectivity index (χ2n) is 5.62. The number of rotatable bonds is 1. The van der Waals surface area contributed by atoms with Crippen LogP contribution in [0, 0.1) is 12.8 Å².